The van der Waals surface area contributed by atoms with Crippen LogP contribution in [0.1, 0.15) is 27.6 Å². The van der Waals surface area contributed by atoms with Gasteiger partial charge < -0.3 is 9.80 Å². The van der Waals surface area contributed by atoms with Crippen LogP contribution in [0.2, 0.25) is 5.02 Å². The number of halogens is 1. The molecule has 0 atom stereocenters. The van der Waals surface area contributed by atoms with Gasteiger partial charge in [0.1, 0.15) is 0 Å². The molecular formula is C20H21ClN2O2S. The summed E-state index contributed by atoms with van der Waals surface area (Å²) in [7, 11) is 0. The number of carbonyl (C=O) groups excluding carboxylic acids is 2. The third-order valence-corrected chi connectivity index (χ3v) is 5.66. The Bertz CT molecular complexity index is 815. The van der Waals surface area contributed by atoms with Crippen LogP contribution in [0.5, 0.6) is 0 Å². The number of ketones is 1. The number of nitrogens with zero attached hydrogens (tertiary/aromatic N) is 2. The van der Waals surface area contributed by atoms with Gasteiger partial charge in [0.05, 0.1) is 10.6 Å². The third-order valence-electron chi connectivity index (χ3n) is 4.61. The lowest BCUT2D eigenvalue weighted by atomic mass is 10.1. The lowest BCUT2D eigenvalue weighted by Crippen LogP contribution is -2.48. The summed E-state index contributed by atoms with van der Waals surface area (Å²) < 4.78 is 0. The Labute approximate surface area is 163 Å². The van der Waals surface area contributed by atoms with Crippen LogP contribution in [-0.2, 0) is 0 Å². The number of thioether (sulfide) groups is 1. The molecular weight excluding hydrogens is 368 g/mol. The van der Waals surface area contributed by atoms with E-state index in [0.717, 1.165) is 23.7 Å². The van der Waals surface area contributed by atoms with E-state index in [4.69, 9.17) is 11.6 Å². The molecule has 1 saturated heterocycles. The highest BCUT2D eigenvalue weighted by molar-refractivity contribution is 7.98. The molecule has 2 aromatic rings. The van der Waals surface area contributed by atoms with Gasteiger partial charge >= 0.3 is 0 Å². The van der Waals surface area contributed by atoms with Crippen LogP contribution in [0.3, 0.4) is 0 Å². The Morgan fingerprint density at radius 1 is 1.00 bits per heavy atom. The number of hydrogen-bond donors (Lipinski definition) is 0. The first kappa shape index (κ1) is 18.8. The Balaban J connectivity index is 1.66. The second-order valence-electron chi connectivity index (χ2n) is 6.23. The maximum Gasteiger partial charge on any atom is 0.255 e. The highest BCUT2D eigenvalue weighted by atomic mass is 35.5. The van der Waals surface area contributed by atoms with Crippen molar-refractivity contribution in [2.24, 2.45) is 0 Å². The van der Waals surface area contributed by atoms with Gasteiger partial charge in [0.2, 0.25) is 0 Å². The summed E-state index contributed by atoms with van der Waals surface area (Å²) in [6.07, 6.45) is 1.98. The van der Waals surface area contributed by atoms with Crippen molar-refractivity contribution in [3.8, 4) is 0 Å². The van der Waals surface area contributed by atoms with Crippen molar-refractivity contribution < 1.29 is 9.59 Å². The summed E-state index contributed by atoms with van der Waals surface area (Å²) in [5.41, 5.74) is 2.35. The second-order valence-corrected chi connectivity index (χ2v) is 7.51. The topological polar surface area (TPSA) is 40.6 Å². The van der Waals surface area contributed by atoms with Gasteiger partial charge in [-0.05, 0) is 55.6 Å². The summed E-state index contributed by atoms with van der Waals surface area (Å²) >= 11 is 7.83. The smallest absolute Gasteiger partial charge is 0.255 e. The zero-order chi connectivity index (χ0) is 18.7. The second kappa shape index (κ2) is 8.14. The molecule has 1 aliphatic heterocycles. The Morgan fingerprint density at radius 3 is 2.23 bits per heavy atom. The summed E-state index contributed by atoms with van der Waals surface area (Å²) in [6.45, 7) is 4.37. The van der Waals surface area contributed by atoms with Gasteiger partial charge in [-0.15, -0.1) is 11.8 Å². The largest absolute Gasteiger partial charge is 0.368 e. The van der Waals surface area contributed by atoms with E-state index in [2.05, 4.69) is 4.90 Å². The molecule has 0 aliphatic carbocycles. The molecule has 6 heteroatoms. The van der Waals surface area contributed by atoms with Crippen molar-refractivity contribution in [3.05, 3.63) is 58.6 Å². The quantitative estimate of drug-likeness (QED) is 0.580. The molecule has 3 rings (SSSR count). The van der Waals surface area contributed by atoms with Crippen molar-refractivity contribution in [1.82, 2.24) is 4.90 Å². The minimum atomic E-state index is -0.0162. The minimum Gasteiger partial charge on any atom is -0.368 e. The van der Waals surface area contributed by atoms with Crippen LogP contribution in [0.15, 0.2) is 47.4 Å². The number of hydrogen-bond acceptors (Lipinski definition) is 4. The number of amides is 1. The highest BCUT2D eigenvalue weighted by Gasteiger charge is 2.24. The normalized spacial score (nSPS) is 14.4. The van der Waals surface area contributed by atoms with E-state index in [1.54, 1.807) is 24.8 Å². The molecule has 1 aliphatic rings. The summed E-state index contributed by atoms with van der Waals surface area (Å²) in [6, 6.07) is 13.2. The monoisotopic (exact) mass is 388 g/mol. The molecule has 0 aromatic heterocycles. The van der Waals surface area contributed by atoms with Crippen molar-refractivity contribution in [2.75, 3.05) is 37.3 Å². The first-order valence-electron chi connectivity index (χ1n) is 8.48. The van der Waals surface area contributed by atoms with Crippen molar-refractivity contribution in [2.45, 2.75) is 11.8 Å². The maximum atomic E-state index is 12.8. The summed E-state index contributed by atoms with van der Waals surface area (Å²) in [5, 5.41) is 0.495. The van der Waals surface area contributed by atoms with Crippen molar-refractivity contribution >= 4 is 40.7 Å². The Hall–Kier alpha value is -1.98. The summed E-state index contributed by atoms with van der Waals surface area (Å²) in [4.78, 5) is 29.3. The number of Topliss-reactive ketones (excluding diaryl/α,β-unsaturated/α-hetero) is 1. The molecule has 0 N–H and O–H groups in total. The highest BCUT2D eigenvalue weighted by Crippen LogP contribution is 2.25. The van der Waals surface area contributed by atoms with Gasteiger partial charge in [0.15, 0.2) is 5.78 Å². The predicted molar refractivity (Wildman–Crippen MR) is 108 cm³/mol. The molecule has 4 nitrogen and oxygen atoms in total. The van der Waals surface area contributed by atoms with E-state index in [9.17, 15) is 9.59 Å². The lowest BCUT2D eigenvalue weighted by molar-refractivity contribution is 0.0746. The van der Waals surface area contributed by atoms with Gasteiger partial charge in [-0.1, -0.05) is 11.6 Å². The van der Waals surface area contributed by atoms with Crippen LogP contribution in [0.25, 0.3) is 0 Å². The maximum absolute atomic E-state index is 12.8. The van der Waals surface area contributed by atoms with Crippen LogP contribution >= 0.6 is 23.4 Å². The average Bonchev–Trinajstić information content (AvgIpc) is 2.68. The minimum absolute atomic E-state index is 0.0162. The molecule has 1 heterocycles. The standard InChI is InChI=1S/C20H21ClN2O2S/c1-14(24)15-3-5-16(6-4-15)22-9-11-23(12-10-22)20(25)18-13-17(26-2)7-8-19(18)21/h3-8,13H,9-12H2,1-2H3. The van der Waals surface area contributed by atoms with E-state index in [-0.39, 0.29) is 11.7 Å². The zero-order valence-corrected chi connectivity index (χ0v) is 16.4. The lowest BCUT2D eigenvalue weighted by Gasteiger charge is -2.36. The van der Waals surface area contributed by atoms with E-state index < -0.39 is 0 Å². The fourth-order valence-corrected chi connectivity index (χ4v) is 3.68. The van der Waals surface area contributed by atoms with Gasteiger partial charge in [-0.25, -0.2) is 0 Å². The zero-order valence-electron chi connectivity index (χ0n) is 14.9. The molecule has 26 heavy (non-hydrogen) atoms. The fraction of sp³-hybridized carbons (Fsp3) is 0.300. The molecule has 0 radical (unpaired) electrons. The average molecular weight is 389 g/mol. The third kappa shape index (κ3) is 4.05. The number of benzene rings is 2. The molecule has 1 fully saturated rings. The Morgan fingerprint density at radius 2 is 1.65 bits per heavy atom. The first-order chi connectivity index (χ1) is 12.5. The number of rotatable bonds is 4. The van der Waals surface area contributed by atoms with Crippen LogP contribution in [0.4, 0.5) is 5.69 Å². The van der Waals surface area contributed by atoms with Gasteiger partial charge in [0.25, 0.3) is 5.91 Å². The molecule has 0 unspecified atom stereocenters. The van der Waals surface area contributed by atoms with Crippen LogP contribution in [-0.4, -0.2) is 49.0 Å². The molecule has 0 saturated carbocycles. The van der Waals surface area contributed by atoms with E-state index in [1.807, 2.05) is 47.6 Å². The van der Waals surface area contributed by atoms with E-state index >= 15 is 0 Å². The van der Waals surface area contributed by atoms with Gasteiger partial charge in [-0.2, -0.15) is 0 Å². The molecule has 136 valence electrons. The predicted octanol–water partition coefficient (Wildman–Crippen LogP) is 4.23. The van der Waals surface area contributed by atoms with Crippen molar-refractivity contribution in [1.29, 1.82) is 0 Å². The number of carbonyl (C=O) groups is 2. The molecule has 0 spiro atoms. The fourth-order valence-electron chi connectivity index (χ4n) is 3.04. The van der Waals surface area contributed by atoms with Crippen LogP contribution < -0.4 is 4.90 Å². The SMILES string of the molecule is CSc1ccc(Cl)c(C(=O)N2CCN(c3ccc(C(C)=O)cc3)CC2)c1. The van der Waals surface area contributed by atoms with Gasteiger partial charge in [0, 0.05) is 42.3 Å². The van der Waals surface area contributed by atoms with Gasteiger partial charge in [-0.3, -0.25) is 9.59 Å². The number of piperazine rings is 1. The van der Waals surface area contributed by atoms with E-state index in [0.29, 0.717) is 29.2 Å². The molecule has 0 bridgehead atoms. The number of anilines is 1. The Kier molecular flexibility index (Phi) is 5.89. The summed E-state index contributed by atoms with van der Waals surface area (Å²) in [5.74, 6) is 0.0498. The van der Waals surface area contributed by atoms with E-state index in [1.165, 1.54) is 0 Å². The molecule has 2 aromatic carbocycles. The first-order valence-corrected chi connectivity index (χ1v) is 10.1. The van der Waals surface area contributed by atoms with Crippen LogP contribution in [0, 0.1) is 0 Å². The molecule has 1 amide bonds. The van der Waals surface area contributed by atoms with Crippen molar-refractivity contribution in [3.63, 3.8) is 0 Å².